The molecule has 0 aliphatic heterocycles. The van der Waals surface area contributed by atoms with E-state index in [0.717, 1.165) is 0 Å². The summed E-state index contributed by atoms with van der Waals surface area (Å²) in [6, 6.07) is 11.6. The number of amides is 2. The van der Waals surface area contributed by atoms with E-state index in [0.29, 0.717) is 45.9 Å². The van der Waals surface area contributed by atoms with Crippen LogP contribution in [0.1, 0.15) is 33.5 Å². The normalized spacial score (nSPS) is 11.5. The van der Waals surface area contributed by atoms with Gasteiger partial charge in [-0.25, -0.2) is 9.97 Å². The van der Waals surface area contributed by atoms with E-state index in [1.807, 2.05) is 6.92 Å². The van der Waals surface area contributed by atoms with E-state index in [4.69, 9.17) is 14.2 Å². The number of aromatic nitrogens is 3. The van der Waals surface area contributed by atoms with Gasteiger partial charge in [-0.15, -0.1) is 11.3 Å². The van der Waals surface area contributed by atoms with Crippen LogP contribution in [0.15, 0.2) is 66.4 Å². The molecule has 2 aromatic carbocycles. The van der Waals surface area contributed by atoms with Gasteiger partial charge in [0.05, 0.1) is 13.2 Å². The third-order valence-electron chi connectivity index (χ3n) is 4.84. The van der Waals surface area contributed by atoms with Gasteiger partial charge in [0.15, 0.2) is 5.13 Å². The number of carbonyl (C=O) groups excluding carboxylic acids is 2. The van der Waals surface area contributed by atoms with Crippen molar-refractivity contribution in [3.63, 3.8) is 0 Å². The Bertz CT molecular complexity index is 1290. The standard InChI is InChI=1S/C25H25N5O5S/c1-16(15-33-2)34-20-11-18(24(32)30-25-28-8-9-36-25)12-21(13-20)35-19-5-3-4-17(10-19)23(31)29-14-22-26-6-7-27-22/h3-13,16H,14-15H2,1-2H3,(H,26,27)(H,29,31)(H,28,30,32). The first-order valence-electron chi connectivity index (χ1n) is 11.1. The van der Waals surface area contributed by atoms with E-state index in [9.17, 15) is 9.59 Å². The van der Waals surface area contributed by atoms with Crippen LogP contribution in [0.2, 0.25) is 0 Å². The van der Waals surface area contributed by atoms with Crippen molar-refractivity contribution in [3.05, 3.63) is 83.4 Å². The van der Waals surface area contributed by atoms with Crippen molar-refractivity contribution in [1.82, 2.24) is 20.3 Å². The second kappa shape index (κ2) is 12.0. The molecule has 36 heavy (non-hydrogen) atoms. The number of carbonyl (C=O) groups is 2. The second-order valence-corrected chi connectivity index (χ2v) is 8.61. The van der Waals surface area contributed by atoms with Crippen molar-refractivity contribution in [2.45, 2.75) is 19.6 Å². The van der Waals surface area contributed by atoms with Crippen LogP contribution in [0.4, 0.5) is 5.13 Å². The predicted octanol–water partition coefficient (Wildman–Crippen LogP) is 4.25. The maximum absolute atomic E-state index is 12.9. The van der Waals surface area contributed by atoms with Crippen LogP contribution >= 0.6 is 11.3 Å². The first kappa shape index (κ1) is 24.9. The number of anilines is 1. The van der Waals surface area contributed by atoms with Gasteiger partial charge in [-0.2, -0.15) is 0 Å². The first-order chi connectivity index (χ1) is 17.5. The van der Waals surface area contributed by atoms with Crippen LogP contribution in [0.3, 0.4) is 0 Å². The fourth-order valence-corrected chi connectivity index (χ4v) is 3.81. The van der Waals surface area contributed by atoms with Crippen LogP contribution < -0.4 is 20.1 Å². The molecule has 3 N–H and O–H groups in total. The van der Waals surface area contributed by atoms with E-state index in [2.05, 4.69) is 25.6 Å². The number of rotatable bonds is 11. The molecule has 1 unspecified atom stereocenters. The number of aromatic amines is 1. The lowest BCUT2D eigenvalue weighted by Gasteiger charge is -2.16. The summed E-state index contributed by atoms with van der Waals surface area (Å²) >= 11 is 1.32. The molecule has 0 aliphatic rings. The van der Waals surface area contributed by atoms with E-state index < -0.39 is 0 Å². The average Bonchev–Trinajstić information content (AvgIpc) is 3.57. The summed E-state index contributed by atoms with van der Waals surface area (Å²) in [5.41, 5.74) is 0.747. The zero-order chi connectivity index (χ0) is 25.3. The molecule has 1 atom stereocenters. The number of benzene rings is 2. The molecule has 0 aliphatic carbocycles. The number of hydrogen-bond acceptors (Lipinski definition) is 8. The topological polar surface area (TPSA) is 127 Å². The quantitative estimate of drug-likeness (QED) is 0.277. The van der Waals surface area contributed by atoms with Crippen LogP contribution in [0, 0.1) is 0 Å². The molecule has 2 aromatic heterocycles. The zero-order valence-electron chi connectivity index (χ0n) is 19.7. The largest absolute Gasteiger partial charge is 0.488 e. The number of H-pyrrole nitrogens is 1. The zero-order valence-corrected chi connectivity index (χ0v) is 20.5. The number of ether oxygens (including phenoxy) is 3. The van der Waals surface area contributed by atoms with Crippen LogP contribution in [-0.4, -0.2) is 46.6 Å². The molecule has 186 valence electrons. The number of hydrogen-bond donors (Lipinski definition) is 3. The maximum Gasteiger partial charge on any atom is 0.257 e. The van der Waals surface area contributed by atoms with E-state index in [1.165, 1.54) is 11.3 Å². The lowest BCUT2D eigenvalue weighted by Crippen LogP contribution is -2.23. The number of imidazole rings is 1. The summed E-state index contributed by atoms with van der Waals surface area (Å²) in [5.74, 6) is 1.26. The van der Waals surface area contributed by atoms with Gasteiger partial charge in [-0.05, 0) is 37.3 Å². The lowest BCUT2D eigenvalue weighted by molar-refractivity contribution is 0.0915. The van der Waals surface area contributed by atoms with Gasteiger partial charge in [-0.3, -0.25) is 14.9 Å². The number of thiazole rings is 1. The highest BCUT2D eigenvalue weighted by Crippen LogP contribution is 2.29. The Morgan fingerprint density at radius 3 is 2.61 bits per heavy atom. The molecule has 10 nitrogen and oxygen atoms in total. The number of methoxy groups -OCH3 is 1. The van der Waals surface area contributed by atoms with E-state index in [1.54, 1.807) is 73.5 Å². The molecule has 0 radical (unpaired) electrons. The summed E-state index contributed by atoms with van der Waals surface area (Å²) in [7, 11) is 1.59. The summed E-state index contributed by atoms with van der Waals surface area (Å²) in [4.78, 5) is 36.5. The minimum Gasteiger partial charge on any atom is -0.488 e. The van der Waals surface area contributed by atoms with Gasteiger partial charge in [-0.1, -0.05) is 6.07 Å². The Hall–Kier alpha value is -4.22. The highest BCUT2D eigenvalue weighted by Gasteiger charge is 2.15. The van der Waals surface area contributed by atoms with Crippen molar-refractivity contribution in [3.8, 4) is 17.2 Å². The fraction of sp³-hybridized carbons (Fsp3) is 0.200. The monoisotopic (exact) mass is 507 g/mol. The summed E-state index contributed by atoms with van der Waals surface area (Å²) < 4.78 is 17.1. The van der Waals surface area contributed by atoms with Crippen molar-refractivity contribution in [1.29, 1.82) is 0 Å². The maximum atomic E-state index is 12.9. The summed E-state index contributed by atoms with van der Waals surface area (Å²) in [6.07, 6.45) is 4.67. The van der Waals surface area contributed by atoms with Gasteiger partial charge in [0.1, 0.15) is 29.2 Å². The van der Waals surface area contributed by atoms with Crippen molar-refractivity contribution in [2.75, 3.05) is 19.0 Å². The summed E-state index contributed by atoms with van der Waals surface area (Å²) in [6.45, 7) is 2.51. The third-order valence-corrected chi connectivity index (χ3v) is 5.53. The highest BCUT2D eigenvalue weighted by molar-refractivity contribution is 7.13. The third kappa shape index (κ3) is 6.90. The number of nitrogens with one attached hydrogen (secondary N) is 3. The molecule has 0 bridgehead atoms. The van der Waals surface area contributed by atoms with Crippen LogP contribution in [0.5, 0.6) is 17.2 Å². The van der Waals surface area contributed by atoms with Crippen molar-refractivity contribution in [2.24, 2.45) is 0 Å². The number of nitrogens with zero attached hydrogens (tertiary/aromatic N) is 2. The minimum absolute atomic E-state index is 0.249. The molecule has 0 spiro atoms. The molecule has 2 heterocycles. The molecule has 4 rings (SSSR count). The molecule has 0 saturated heterocycles. The van der Waals surface area contributed by atoms with Crippen molar-refractivity contribution < 1.29 is 23.8 Å². The fourth-order valence-electron chi connectivity index (χ4n) is 3.28. The van der Waals surface area contributed by atoms with Gasteiger partial charge < -0.3 is 24.5 Å². The van der Waals surface area contributed by atoms with Gasteiger partial charge in [0, 0.05) is 48.3 Å². The molecule has 0 saturated carbocycles. The average molecular weight is 508 g/mol. The molecular weight excluding hydrogens is 482 g/mol. The Kier molecular flexibility index (Phi) is 8.27. The molecule has 4 aromatic rings. The summed E-state index contributed by atoms with van der Waals surface area (Å²) in [5, 5.41) is 7.81. The molecule has 2 amide bonds. The Morgan fingerprint density at radius 2 is 1.86 bits per heavy atom. The van der Waals surface area contributed by atoms with Gasteiger partial charge >= 0.3 is 0 Å². The van der Waals surface area contributed by atoms with Crippen LogP contribution in [0.25, 0.3) is 0 Å². The van der Waals surface area contributed by atoms with Gasteiger partial charge in [0.2, 0.25) is 0 Å². The molecule has 0 fully saturated rings. The highest BCUT2D eigenvalue weighted by atomic mass is 32.1. The SMILES string of the molecule is COCC(C)Oc1cc(Oc2cccc(C(=O)NCc3ncc[nH]3)c2)cc(C(=O)Nc2nccs2)c1. The second-order valence-electron chi connectivity index (χ2n) is 7.72. The van der Waals surface area contributed by atoms with E-state index in [-0.39, 0.29) is 24.5 Å². The smallest absolute Gasteiger partial charge is 0.257 e. The molecular formula is C25H25N5O5S. The van der Waals surface area contributed by atoms with Crippen molar-refractivity contribution >= 4 is 28.3 Å². The Morgan fingerprint density at radius 1 is 1.03 bits per heavy atom. The van der Waals surface area contributed by atoms with Gasteiger partial charge in [0.25, 0.3) is 11.8 Å². The Balaban J connectivity index is 1.53. The molecule has 11 heteroatoms. The Labute approximate surface area is 211 Å². The van der Waals surface area contributed by atoms with E-state index >= 15 is 0 Å². The van der Waals surface area contributed by atoms with Crippen LogP contribution in [-0.2, 0) is 11.3 Å². The predicted molar refractivity (Wildman–Crippen MR) is 135 cm³/mol. The lowest BCUT2D eigenvalue weighted by atomic mass is 10.1. The first-order valence-corrected chi connectivity index (χ1v) is 11.9. The minimum atomic E-state index is -0.356.